The first-order chi connectivity index (χ1) is 12.2. The number of hydrogen-bond donors (Lipinski definition) is 0. The molecule has 0 spiro atoms. The maximum atomic E-state index is 13.9. The van der Waals surface area contributed by atoms with Crippen molar-refractivity contribution in [3.63, 3.8) is 0 Å². The van der Waals surface area contributed by atoms with Crippen molar-refractivity contribution in [2.75, 3.05) is 0 Å². The summed E-state index contributed by atoms with van der Waals surface area (Å²) in [7, 11) is 0. The van der Waals surface area contributed by atoms with Crippen LogP contribution < -0.4 is 0 Å². The summed E-state index contributed by atoms with van der Waals surface area (Å²) < 4.78 is 26.9. The Morgan fingerprint density at radius 3 is 2.12 bits per heavy atom. The molecule has 0 N–H and O–H groups in total. The first-order valence-corrected chi connectivity index (χ1v) is 10.5. The summed E-state index contributed by atoms with van der Waals surface area (Å²) in [6.07, 6.45) is 15.7. The van der Waals surface area contributed by atoms with Crippen molar-refractivity contribution in [1.29, 1.82) is 0 Å². The third-order valence-electron chi connectivity index (χ3n) is 6.83. The molecule has 3 heteroatoms. The van der Waals surface area contributed by atoms with Gasteiger partial charge < -0.3 is 0 Å². The fourth-order valence-corrected chi connectivity index (χ4v) is 5.26. The predicted molar refractivity (Wildman–Crippen MR) is 98.4 cm³/mol. The number of unbranched alkanes of at least 4 members (excludes halogenated alkanes) is 2. The van der Waals surface area contributed by atoms with E-state index < -0.39 is 11.9 Å². The fraction of sp³-hybridized carbons (Fsp3) is 0.773. The van der Waals surface area contributed by atoms with Crippen LogP contribution in [0.3, 0.4) is 0 Å². The molecular weight excluding hydrogens is 316 g/mol. The molecule has 140 valence electrons. The van der Waals surface area contributed by atoms with Gasteiger partial charge in [0.2, 0.25) is 11.9 Å². The number of hydrogen-bond acceptors (Lipinski definition) is 1. The van der Waals surface area contributed by atoms with Crippen molar-refractivity contribution in [3.8, 4) is 0 Å². The molecule has 1 heterocycles. The minimum absolute atomic E-state index is 0.231. The van der Waals surface area contributed by atoms with Gasteiger partial charge in [-0.15, -0.1) is 0 Å². The van der Waals surface area contributed by atoms with Gasteiger partial charge in [0, 0.05) is 5.56 Å². The first-order valence-electron chi connectivity index (χ1n) is 10.5. The molecule has 1 nitrogen and oxygen atoms in total. The lowest BCUT2D eigenvalue weighted by molar-refractivity contribution is 0.155. The van der Waals surface area contributed by atoms with Gasteiger partial charge in [-0.2, -0.15) is 13.8 Å². The number of rotatable bonds is 6. The van der Waals surface area contributed by atoms with Gasteiger partial charge in [0.25, 0.3) is 0 Å². The number of pyridine rings is 1. The van der Waals surface area contributed by atoms with Crippen molar-refractivity contribution in [2.45, 2.75) is 89.9 Å². The second-order valence-electron chi connectivity index (χ2n) is 8.40. The van der Waals surface area contributed by atoms with E-state index in [1.807, 2.05) is 0 Å². The lowest BCUT2D eigenvalue weighted by atomic mass is 9.68. The Morgan fingerprint density at radius 1 is 0.880 bits per heavy atom. The standard InChI is InChI=1S/C22H33F2N/c1-2-3-4-5-16-6-8-17(9-7-16)18-10-12-19(13-11-18)20-14-15-21(23)25-22(20)24/h14-19H,2-13H2,1H3/t16-,17-,18?,19?. The summed E-state index contributed by atoms with van der Waals surface area (Å²) in [5, 5.41) is 0. The van der Waals surface area contributed by atoms with Crippen molar-refractivity contribution in [2.24, 2.45) is 17.8 Å². The molecule has 0 radical (unpaired) electrons. The molecule has 0 unspecified atom stereocenters. The van der Waals surface area contributed by atoms with Gasteiger partial charge >= 0.3 is 0 Å². The Bertz CT molecular complexity index is 529. The van der Waals surface area contributed by atoms with E-state index in [1.165, 1.54) is 70.3 Å². The molecule has 0 aromatic carbocycles. The van der Waals surface area contributed by atoms with Gasteiger partial charge in [0.15, 0.2) is 0 Å². The quantitative estimate of drug-likeness (QED) is 0.397. The molecule has 0 bridgehead atoms. The molecule has 25 heavy (non-hydrogen) atoms. The lowest BCUT2D eigenvalue weighted by Gasteiger charge is -2.38. The molecule has 0 amide bonds. The second-order valence-corrected chi connectivity index (χ2v) is 8.40. The van der Waals surface area contributed by atoms with Crippen molar-refractivity contribution < 1.29 is 8.78 Å². The maximum Gasteiger partial charge on any atom is 0.218 e. The summed E-state index contributed by atoms with van der Waals surface area (Å²) in [5.74, 6) is 1.60. The van der Waals surface area contributed by atoms with Crippen LogP contribution in [0.15, 0.2) is 12.1 Å². The highest BCUT2D eigenvalue weighted by Gasteiger charge is 2.32. The molecule has 0 atom stereocenters. The molecule has 1 aromatic heterocycles. The topological polar surface area (TPSA) is 12.9 Å². The third-order valence-corrected chi connectivity index (χ3v) is 6.83. The summed E-state index contributed by atoms with van der Waals surface area (Å²) in [4.78, 5) is 3.36. The Kier molecular flexibility index (Phi) is 6.84. The van der Waals surface area contributed by atoms with Gasteiger partial charge in [-0.25, -0.2) is 0 Å². The first kappa shape index (κ1) is 18.8. The molecule has 3 rings (SSSR count). The highest BCUT2D eigenvalue weighted by molar-refractivity contribution is 5.17. The molecule has 1 aromatic rings. The largest absolute Gasteiger partial charge is 0.218 e. The van der Waals surface area contributed by atoms with E-state index in [9.17, 15) is 8.78 Å². The molecule has 2 aliphatic rings. The van der Waals surface area contributed by atoms with E-state index in [4.69, 9.17) is 0 Å². The fourth-order valence-electron chi connectivity index (χ4n) is 5.26. The van der Waals surface area contributed by atoms with Gasteiger partial charge in [0.1, 0.15) is 0 Å². The Morgan fingerprint density at radius 2 is 1.52 bits per heavy atom. The summed E-state index contributed by atoms with van der Waals surface area (Å²) in [6.45, 7) is 2.28. The average molecular weight is 350 g/mol. The van der Waals surface area contributed by atoms with E-state index >= 15 is 0 Å². The maximum absolute atomic E-state index is 13.9. The van der Waals surface area contributed by atoms with Crippen molar-refractivity contribution in [3.05, 3.63) is 29.6 Å². The zero-order valence-corrected chi connectivity index (χ0v) is 15.7. The van der Waals surface area contributed by atoms with E-state index in [0.717, 1.165) is 30.6 Å². The van der Waals surface area contributed by atoms with Crippen LogP contribution >= 0.6 is 0 Å². The zero-order chi connectivity index (χ0) is 17.6. The van der Waals surface area contributed by atoms with Crippen LogP contribution in [0.1, 0.15) is 95.5 Å². The highest BCUT2D eigenvalue weighted by atomic mass is 19.1. The summed E-state index contributed by atoms with van der Waals surface area (Å²) in [5.41, 5.74) is 0.625. The van der Waals surface area contributed by atoms with E-state index in [2.05, 4.69) is 11.9 Å². The molecule has 0 saturated heterocycles. The number of halogens is 2. The van der Waals surface area contributed by atoms with Crippen LogP contribution in [0.2, 0.25) is 0 Å². The normalized spacial score (nSPS) is 30.4. The van der Waals surface area contributed by atoms with Gasteiger partial charge in [-0.3, -0.25) is 0 Å². The van der Waals surface area contributed by atoms with Crippen LogP contribution in [-0.2, 0) is 0 Å². The highest BCUT2D eigenvalue weighted by Crippen LogP contribution is 2.44. The van der Waals surface area contributed by atoms with Gasteiger partial charge in [0.05, 0.1) is 0 Å². The van der Waals surface area contributed by atoms with Crippen LogP contribution in [-0.4, -0.2) is 4.98 Å². The lowest BCUT2D eigenvalue weighted by Crippen LogP contribution is -2.25. The minimum atomic E-state index is -0.717. The molecular formula is C22H33F2N. The SMILES string of the molecule is CCCCC[C@H]1CC[C@H](C2CCC(c3ccc(F)nc3F)CC2)CC1. The van der Waals surface area contributed by atoms with Crippen LogP contribution in [0.4, 0.5) is 8.78 Å². The summed E-state index contributed by atoms with van der Waals surface area (Å²) >= 11 is 0. The van der Waals surface area contributed by atoms with E-state index in [0.29, 0.717) is 5.56 Å². The molecule has 2 aliphatic carbocycles. The zero-order valence-electron chi connectivity index (χ0n) is 15.7. The van der Waals surface area contributed by atoms with Crippen molar-refractivity contribution >= 4 is 0 Å². The number of aromatic nitrogens is 1. The number of nitrogens with zero attached hydrogens (tertiary/aromatic N) is 1. The molecule has 0 aliphatic heterocycles. The van der Waals surface area contributed by atoms with E-state index in [1.54, 1.807) is 6.07 Å². The monoisotopic (exact) mass is 349 g/mol. The molecule has 2 saturated carbocycles. The minimum Gasteiger partial charge on any atom is -0.190 e. The van der Waals surface area contributed by atoms with Gasteiger partial charge in [-0.05, 0) is 74.3 Å². The van der Waals surface area contributed by atoms with Gasteiger partial charge in [-0.1, -0.05) is 45.4 Å². The summed E-state index contributed by atoms with van der Waals surface area (Å²) in [6, 6.07) is 2.90. The smallest absolute Gasteiger partial charge is 0.190 e. The molecule has 2 fully saturated rings. The Hall–Kier alpha value is -0.990. The average Bonchev–Trinajstić information content (AvgIpc) is 2.63. The third kappa shape index (κ3) is 5.01. The van der Waals surface area contributed by atoms with Crippen molar-refractivity contribution in [1.82, 2.24) is 4.98 Å². The predicted octanol–water partition coefficient (Wildman–Crippen LogP) is 7.02. The Balaban J connectivity index is 1.44. The van der Waals surface area contributed by atoms with Crippen LogP contribution in [0.5, 0.6) is 0 Å². The second kappa shape index (κ2) is 9.09. The van der Waals surface area contributed by atoms with E-state index in [-0.39, 0.29) is 5.92 Å². The van der Waals surface area contributed by atoms with Crippen LogP contribution in [0, 0.1) is 29.6 Å². The van der Waals surface area contributed by atoms with Crippen LogP contribution in [0.25, 0.3) is 0 Å². The Labute approximate surface area is 151 Å².